The molecule has 0 saturated carbocycles. The summed E-state index contributed by atoms with van der Waals surface area (Å²) in [4.78, 5) is 24.2. The standard InChI is InChI=1S/C23H26N4O2/c1-14-7-9-18(10-8-14)12-21(28)27-11-5-6-20(27)22-19(13-24-17(4)25-22)23-15(2)16(3)26-29-23/h7-10,13,20H,5-6,11-12H2,1-4H3/t20-/m1/s1. The number of likely N-dealkylation sites (tertiary alicyclic amines) is 1. The van der Waals surface area contributed by atoms with E-state index in [1.807, 2.05) is 56.9 Å². The number of hydrogen-bond donors (Lipinski definition) is 0. The Balaban J connectivity index is 1.66. The van der Waals surface area contributed by atoms with Crippen LogP contribution in [0.4, 0.5) is 0 Å². The van der Waals surface area contributed by atoms with Gasteiger partial charge in [0, 0.05) is 18.3 Å². The Kier molecular flexibility index (Phi) is 5.18. The van der Waals surface area contributed by atoms with Crippen molar-refractivity contribution in [3.8, 4) is 11.3 Å². The molecule has 0 N–H and O–H groups in total. The molecule has 1 aliphatic rings. The molecule has 1 saturated heterocycles. The van der Waals surface area contributed by atoms with Gasteiger partial charge in [0.15, 0.2) is 5.76 Å². The third-order valence-corrected chi connectivity index (χ3v) is 5.71. The highest BCUT2D eigenvalue weighted by molar-refractivity contribution is 5.80. The highest BCUT2D eigenvalue weighted by atomic mass is 16.5. The maximum atomic E-state index is 13.1. The summed E-state index contributed by atoms with van der Waals surface area (Å²) in [5.41, 5.74) is 5.74. The van der Waals surface area contributed by atoms with E-state index in [0.717, 1.165) is 47.5 Å². The summed E-state index contributed by atoms with van der Waals surface area (Å²) in [5, 5.41) is 4.09. The molecule has 2 aromatic heterocycles. The third-order valence-electron chi connectivity index (χ3n) is 5.71. The summed E-state index contributed by atoms with van der Waals surface area (Å²) in [6.45, 7) is 8.57. The van der Waals surface area contributed by atoms with Gasteiger partial charge in [-0.1, -0.05) is 35.0 Å². The van der Waals surface area contributed by atoms with E-state index < -0.39 is 0 Å². The average molecular weight is 390 g/mol. The molecule has 29 heavy (non-hydrogen) atoms. The first kappa shape index (κ1) is 19.3. The van der Waals surface area contributed by atoms with Gasteiger partial charge < -0.3 is 9.42 Å². The second-order valence-corrected chi connectivity index (χ2v) is 7.85. The third kappa shape index (κ3) is 3.79. The number of carbonyl (C=O) groups is 1. The molecule has 4 rings (SSSR count). The SMILES string of the molecule is Cc1ccc(CC(=O)N2CCC[C@@H]2c2nc(C)ncc2-c2onc(C)c2C)cc1. The van der Waals surface area contributed by atoms with Gasteiger partial charge in [0.2, 0.25) is 5.91 Å². The van der Waals surface area contributed by atoms with Crippen LogP contribution < -0.4 is 0 Å². The van der Waals surface area contributed by atoms with Crippen LogP contribution in [0.1, 0.15) is 52.8 Å². The molecule has 0 unspecified atom stereocenters. The summed E-state index contributed by atoms with van der Waals surface area (Å²) >= 11 is 0. The number of hydrogen-bond acceptors (Lipinski definition) is 5. The lowest BCUT2D eigenvalue weighted by molar-refractivity contribution is -0.131. The van der Waals surface area contributed by atoms with Crippen LogP contribution in [-0.4, -0.2) is 32.5 Å². The Labute approximate surface area is 171 Å². The number of aryl methyl sites for hydroxylation is 3. The Morgan fingerprint density at radius 3 is 2.62 bits per heavy atom. The van der Waals surface area contributed by atoms with Gasteiger partial charge in [-0.05, 0) is 46.1 Å². The molecule has 0 bridgehead atoms. The molecule has 1 amide bonds. The predicted octanol–water partition coefficient (Wildman–Crippen LogP) is 4.27. The molecule has 6 nitrogen and oxygen atoms in total. The Morgan fingerprint density at radius 1 is 1.17 bits per heavy atom. The molecule has 150 valence electrons. The van der Waals surface area contributed by atoms with Crippen LogP contribution in [0.15, 0.2) is 35.0 Å². The highest BCUT2D eigenvalue weighted by Crippen LogP contribution is 2.38. The van der Waals surface area contributed by atoms with E-state index in [9.17, 15) is 4.79 Å². The lowest BCUT2D eigenvalue weighted by atomic mass is 10.0. The molecule has 3 aromatic rings. The molecular weight excluding hydrogens is 364 g/mol. The van der Waals surface area contributed by atoms with Gasteiger partial charge >= 0.3 is 0 Å². The number of aromatic nitrogens is 3. The van der Waals surface area contributed by atoms with Gasteiger partial charge in [0.1, 0.15) is 5.82 Å². The van der Waals surface area contributed by atoms with Crippen molar-refractivity contribution in [3.63, 3.8) is 0 Å². The molecular formula is C23H26N4O2. The Hall–Kier alpha value is -3.02. The number of benzene rings is 1. The van der Waals surface area contributed by atoms with E-state index in [2.05, 4.69) is 10.1 Å². The number of nitrogens with zero attached hydrogens (tertiary/aromatic N) is 4. The van der Waals surface area contributed by atoms with E-state index in [0.29, 0.717) is 18.0 Å². The average Bonchev–Trinajstić information content (AvgIpc) is 3.31. The topological polar surface area (TPSA) is 72.1 Å². The first-order chi connectivity index (χ1) is 13.9. The second-order valence-electron chi connectivity index (χ2n) is 7.85. The van der Waals surface area contributed by atoms with Crippen molar-refractivity contribution in [1.82, 2.24) is 20.0 Å². The van der Waals surface area contributed by atoms with Crippen LogP contribution in [-0.2, 0) is 11.2 Å². The second kappa shape index (κ2) is 7.78. The van der Waals surface area contributed by atoms with Crippen molar-refractivity contribution in [2.45, 2.75) is 53.0 Å². The number of carbonyl (C=O) groups excluding carboxylic acids is 1. The number of rotatable bonds is 4. The molecule has 1 fully saturated rings. The largest absolute Gasteiger partial charge is 0.356 e. The molecule has 1 aromatic carbocycles. The lowest BCUT2D eigenvalue weighted by Crippen LogP contribution is -2.32. The molecule has 3 heterocycles. The van der Waals surface area contributed by atoms with Crippen molar-refractivity contribution in [3.05, 3.63) is 64.4 Å². The minimum absolute atomic E-state index is 0.0746. The molecule has 0 spiro atoms. The molecule has 0 radical (unpaired) electrons. The fourth-order valence-corrected chi connectivity index (χ4v) is 3.91. The van der Waals surface area contributed by atoms with Crippen molar-refractivity contribution in [2.75, 3.05) is 6.54 Å². The van der Waals surface area contributed by atoms with E-state index in [1.165, 1.54) is 5.56 Å². The zero-order chi connectivity index (χ0) is 20.5. The predicted molar refractivity (Wildman–Crippen MR) is 110 cm³/mol. The molecule has 0 aliphatic carbocycles. The lowest BCUT2D eigenvalue weighted by Gasteiger charge is -2.26. The van der Waals surface area contributed by atoms with E-state index in [1.54, 1.807) is 6.20 Å². The highest BCUT2D eigenvalue weighted by Gasteiger charge is 2.34. The van der Waals surface area contributed by atoms with Crippen LogP contribution in [0.2, 0.25) is 0 Å². The fraction of sp³-hybridized carbons (Fsp3) is 0.391. The van der Waals surface area contributed by atoms with Gasteiger partial charge in [-0.3, -0.25) is 4.79 Å². The molecule has 6 heteroatoms. The van der Waals surface area contributed by atoms with E-state index in [4.69, 9.17) is 9.51 Å². The fourth-order valence-electron chi connectivity index (χ4n) is 3.91. The normalized spacial score (nSPS) is 16.4. The van der Waals surface area contributed by atoms with Crippen molar-refractivity contribution < 1.29 is 9.32 Å². The minimum Gasteiger partial charge on any atom is -0.356 e. The van der Waals surface area contributed by atoms with Crippen LogP contribution in [0.3, 0.4) is 0 Å². The van der Waals surface area contributed by atoms with Gasteiger partial charge in [-0.25, -0.2) is 9.97 Å². The quantitative estimate of drug-likeness (QED) is 0.665. The monoisotopic (exact) mass is 390 g/mol. The van der Waals surface area contributed by atoms with Crippen molar-refractivity contribution >= 4 is 5.91 Å². The van der Waals surface area contributed by atoms with Crippen molar-refractivity contribution in [2.24, 2.45) is 0 Å². The zero-order valence-electron chi connectivity index (χ0n) is 17.4. The maximum Gasteiger partial charge on any atom is 0.227 e. The Bertz CT molecular complexity index is 1040. The van der Waals surface area contributed by atoms with Crippen LogP contribution in [0.25, 0.3) is 11.3 Å². The van der Waals surface area contributed by atoms with Crippen LogP contribution in [0, 0.1) is 27.7 Å². The maximum absolute atomic E-state index is 13.1. The summed E-state index contributed by atoms with van der Waals surface area (Å²) in [6.07, 6.45) is 4.04. The first-order valence-electron chi connectivity index (χ1n) is 10.1. The van der Waals surface area contributed by atoms with Crippen LogP contribution in [0.5, 0.6) is 0 Å². The van der Waals surface area contributed by atoms with E-state index >= 15 is 0 Å². The van der Waals surface area contributed by atoms with Crippen molar-refractivity contribution in [1.29, 1.82) is 0 Å². The first-order valence-corrected chi connectivity index (χ1v) is 10.1. The van der Waals surface area contributed by atoms with Gasteiger partial charge in [0.25, 0.3) is 0 Å². The summed E-state index contributed by atoms with van der Waals surface area (Å²) in [7, 11) is 0. The molecule has 1 atom stereocenters. The summed E-state index contributed by atoms with van der Waals surface area (Å²) in [6, 6.07) is 8.07. The van der Waals surface area contributed by atoms with E-state index in [-0.39, 0.29) is 11.9 Å². The summed E-state index contributed by atoms with van der Waals surface area (Å²) in [5.74, 6) is 1.51. The molecule has 1 aliphatic heterocycles. The van der Waals surface area contributed by atoms with Gasteiger partial charge in [-0.15, -0.1) is 0 Å². The Morgan fingerprint density at radius 2 is 1.93 bits per heavy atom. The summed E-state index contributed by atoms with van der Waals surface area (Å²) < 4.78 is 5.59. The van der Waals surface area contributed by atoms with Crippen LogP contribution >= 0.6 is 0 Å². The van der Waals surface area contributed by atoms with Gasteiger partial charge in [-0.2, -0.15) is 0 Å². The number of amides is 1. The minimum atomic E-state index is -0.0746. The van der Waals surface area contributed by atoms with Gasteiger partial charge in [0.05, 0.1) is 29.4 Å². The smallest absolute Gasteiger partial charge is 0.227 e. The zero-order valence-corrected chi connectivity index (χ0v) is 17.4.